The van der Waals surface area contributed by atoms with Gasteiger partial charge in [0.1, 0.15) is 12.4 Å². The van der Waals surface area contributed by atoms with Gasteiger partial charge in [0.05, 0.1) is 5.57 Å². The number of hydrogen-bond acceptors (Lipinski definition) is 4. The summed E-state index contributed by atoms with van der Waals surface area (Å²) in [5.41, 5.74) is 3.28. The molecule has 1 atom stereocenters. The fraction of sp³-hybridized carbons (Fsp3) is 0.238. The number of ether oxygens (including phenoxy) is 2. The van der Waals surface area contributed by atoms with E-state index in [9.17, 15) is 9.59 Å². The van der Waals surface area contributed by atoms with Crippen molar-refractivity contribution in [3.8, 4) is 5.75 Å². The molecule has 5 nitrogen and oxygen atoms in total. The van der Waals surface area contributed by atoms with Crippen molar-refractivity contribution in [2.45, 2.75) is 19.4 Å². The highest BCUT2D eigenvalue weighted by atomic mass is 16.6. The molecule has 4 rings (SSSR count). The zero-order valence-corrected chi connectivity index (χ0v) is 14.5. The lowest BCUT2D eigenvalue weighted by molar-refractivity contribution is -0.150. The summed E-state index contributed by atoms with van der Waals surface area (Å²) >= 11 is 0. The number of benzene rings is 2. The molecule has 2 aromatic rings. The molecule has 2 aliphatic rings. The number of carbonyl (C=O) groups excluding carboxylic acids is 2. The molecule has 0 radical (unpaired) electrons. The molecule has 0 aliphatic carbocycles. The molecule has 2 aromatic carbocycles. The molecule has 0 spiro atoms. The average Bonchev–Trinajstić information content (AvgIpc) is 3.11. The van der Waals surface area contributed by atoms with Crippen molar-refractivity contribution < 1.29 is 19.1 Å². The molecule has 2 aliphatic heterocycles. The molecule has 0 N–H and O–H groups in total. The van der Waals surface area contributed by atoms with Gasteiger partial charge in [0, 0.05) is 17.8 Å². The maximum absolute atomic E-state index is 12.7. The van der Waals surface area contributed by atoms with E-state index >= 15 is 0 Å². The van der Waals surface area contributed by atoms with Gasteiger partial charge in [-0.05, 0) is 37.1 Å². The highest BCUT2D eigenvalue weighted by molar-refractivity contribution is 6.01. The Morgan fingerprint density at radius 1 is 1.12 bits per heavy atom. The molecular formula is C21H19NO4. The second-order valence-electron chi connectivity index (χ2n) is 6.41. The number of hydrogen-bond donors (Lipinski definition) is 0. The van der Waals surface area contributed by atoms with Gasteiger partial charge in [-0.2, -0.15) is 0 Å². The van der Waals surface area contributed by atoms with Gasteiger partial charge in [0.15, 0.2) is 6.10 Å². The number of fused-ring (bicyclic) bond motifs is 2. The van der Waals surface area contributed by atoms with Crippen LogP contribution < -0.4 is 9.64 Å². The fourth-order valence-electron chi connectivity index (χ4n) is 3.31. The summed E-state index contributed by atoms with van der Waals surface area (Å²) in [5.74, 6) is 0.00992. The predicted octanol–water partition coefficient (Wildman–Crippen LogP) is 2.98. The zero-order chi connectivity index (χ0) is 18.1. The second kappa shape index (κ2) is 6.67. The first-order valence-corrected chi connectivity index (χ1v) is 8.66. The Balaban J connectivity index is 1.45. The largest absolute Gasteiger partial charge is 0.488 e. The minimum Gasteiger partial charge on any atom is -0.488 e. The molecule has 26 heavy (non-hydrogen) atoms. The molecule has 0 fully saturated rings. The van der Waals surface area contributed by atoms with Crippen LogP contribution in [0.4, 0.5) is 5.69 Å². The Hall–Kier alpha value is -3.08. The summed E-state index contributed by atoms with van der Waals surface area (Å²) in [6.07, 6.45) is 1.72. The van der Waals surface area contributed by atoms with E-state index in [1.165, 1.54) is 0 Å². The molecule has 5 heteroatoms. The first-order chi connectivity index (χ1) is 12.6. The van der Waals surface area contributed by atoms with Gasteiger partial charge < -0.3 is 14.4 Å². The molecule has 1 amide bonds. The topological polar surface area (TPSA) is 55.8 Å². The van der Waals surface area contributed by atoms with Crippen LogP contribution in [0.5, 0.6) is 5.75 Å². The number of esters is 1. The molecule has 0 aromatic heterocycles. The van der Waals surface area contributed by atoms with Crippen molar-refractivity contribution in [2.75, 3.05) is 18.1 Å². The molecular weight excluding hydrogens is 330 g/mol. The van der Waals surface area contributed by atoms with Crippen LogP contribution >= 0.6 is 0 Å². The maximum atomic E-state index is 12.7. The number of para-hydroxylation sites is 2. The Labute approximate surface area is 151 Å². The summed E-state index contributed by atoms with van der Waals surface area (Å²) in [4.78, 5) is 26.9. The highest BCUT2D eigenvalue weighted by Crippen LogP contribution is 2.29. The molecule has 2 heterocycles. The summed E-state index contributed by atoms with van der Waals surface area (Å²) in [7, 11) is 0. The van der Waals surface area contributed by atoms with E-state index in [0.717, 1.165) is 29.0 Å². The zero-order valence-electron chi connectivity index (χ0n) is 14.5. The van der Waals surface area contributed by atoms with Gasteiger partial charge in [-0.1, -0.05) is 36.4 Å². The lowest BCUT2D eigenvalue weighted by Crippen LogP contribution is -2.39. The minimum atomic E-state index is -0.855. The molecule has 0 saturated carbocycles. The number of anilines is 1. The smallest absolute Gasteiger partial charge is 0.338 e. The number of rotatable bonds is 3. The molecule has 0 saturated heterocycles. The Morgan fingerprint density at radius 2 is 1.88 bits per heavy atom. The standard InChI is InChI=1S/C21H19NO4/c1-14(20(23)22-11-10-15-6-2-4-8-18(15)22)26-21(24)17-12-16-7-3-5-9-19(16)25-13-17/h2-9,12,14H,10-11,13H2,1H3/t14-/m0/s1. The molecule has 132 valence electrons. The van der Waals surface area contributed by atoms with E-state index in [4.69, 9.17) is 9.47 Å². The third-order valence-corrected chi connectivity index (χ3v) is 4.68. The Morgan fingerprint density at radius 3 is 2.77 bits per heavy atom. The van der Waals surface area contributed by atoms with E-state index in [2.05, 4.69) is 0 Å². The first-order valence-electron chi connectivity index (χ1n) is 8.66. The number of nitrogens with zero attached hydrogens (tertiary/aromatic N) is 1. The lowest BCUT2D eigenvalue weighted by atomic mass is 10.1. The van der Waals surface area contributed by atoms with E-state index in [1.54, 1.807) is 17.9 Å². The molecule has 0 bridgehead atoms. The fourth-order valence-corrected chi connectivity index (χ4v) is 3.31. The quantitative estimate of drug-likeness (QED) is 0.800. The second-order valence-corrected chi connectivity index (χ2v) is 6.41. The Kier molecular flexibility index (Phi) is 4.21. The van der Waals surface area contributed by atoms with E-state index in [1.807, 2.05) is 48.5 Å². The predicted molar refractivity (Wildman–Crippen MR) is 98.0 cm³/mol. The SMILES string of the molecule is C[C@H](OC(=O)C1=Cc2ccccc2OC1)C(=O)N1CCc2ccccc21. The van der Waals surface area contributed by atoms with Crippen LogP contribution in [0.25, 0.3) is 6.08 Å². The van der Waals surface area contributed by atoms with Gasteiger partial charge in [-0.25, -0.2) is 4.79 Å². The van der Waals surface area contributed by atoms with Crippen LogP contribution in [0, 0.1) is 0 Å². The van der Waals surface area contributed by atoms with Crippen molar-refractivity contribution in [3.63, 3.8) is 0 Å². The maximum Gasteiger partial charge on any atom is 0.338 e. The minimum absolute atomic E-state index is 0.142. The van der Waals surface area contributed by atoms with Crippen LogP contribution in [0.15, 0.2) is 54.1 Å². The van der Waals surface area contributed by atoms with Crippen LogP contribution in [0.3, 0.4) is 0 Å². The van der Waals surface area contributed by atoms with Crippen LogP contribution in [-0.2, 0) is 20.7 Å². The number of amides is 1. The third-order valence-electron chi connectivity index (χ3n) is 4.68. The van der Waals surface area contributed by atoms with E-state index < -0.39 is 12.1 Å². The van der Waals surface area contributed by atoms with Crippen LogP contribution in [-0.4, -0.2) is 31.1 Å². The molecule has 0 unspecified atom stereocenters. The van der Waals surface area contributed by atoms with Gasteiger partial charge in [-0.15, -0.1) is 0 Å². The monoisotopic (exact) mass is 349 g/mol. The lowest BCUT2D eigenvalue weighted by Gasteiger charge is -2.23. The van der Waals surface area contributed by atoms with Gasteiger partial charge >= 0.3 is 5.97 Å². The summed E-state index contributed by atoms with van der Waals surface area (Å²) < 4.78 is 11.0. The average molecular weight is 349 g/mol. The van der Waals surface area contributed by atoms with E-state index in [0.29, 0.717) is 12.1 Å². The highest BCUT2D eigenvalue weighted by Gasteiger charge is 2.30. The van der Waals surface area contributed by atoms with Gasteiger partial charge in [0.25, 0.3) is 5.91 Å². The normalized spacial score (nSPS) is 16.0. The van der Waals surface area contributed by atoms with Crippen molar-refractivity contribution in [1.82, 2.24) is 0 Å². The third kappa shape index (κ3) is 2.96. The van der Waals surface area contributed by atoms with Crippen molar-refractivity contribution in [2.24, 2.45) is 0 Å². The Bertz CT molecular complexity index is 902. The van der Waals surface area contributed by atoms with Crippen molar-refractivity contribution in [1.29, 1.82) is 0 Å². The first kappa shape index (κ1) is 16.4. The van der Waals surface area contributed by atoms with Gasteiger partial charge in [-0.3, -0.25) is 4.79 Å². The summed E-state index contributed by atoms with van der Waals surface area (Å²) in [6.45, 7) is 2.36. The van der Waals surface area contributed by atoms with Crippen molar-refractivity contribution >= 4 is 23.6 Å². The van der Waals surface area contributed by atoms with Crippen molar-refractivity contribution in [3.05, 3.63) is 65.2 Å². The summed E-state index contributed by atoms with van der Waals surface area (Å²) in [6, 6.07) is 15.3. The number of carbonyl (C=O) groups is 2. The van der Waals surface area contributed by atoms with Crippen LogP contribution in [0.2, 0.25) is 0 Å². The van der Waals surface area contributed by atoms with Crippen LogP contribution in [0.1, 0.15) is 18.1 Å². The summed E-state index contributed by atoms with van der Waals surface area (Å²) in [5, 5.41) is 0. The van der Waals surface area contributed by atoms with Gasteiger partial charge in [0.2, 0.25) is 0 Å². The van der Waals surface area contributed by atoms with E-state index in [-0.39, 0.29) is 12.5 Å².